The van der Waals surface area contributed by atoms with Gasteiger partial charge in [-0.25, -0.2) is 14.8 Å². The molecule has 1 N–H and O–H groups in total. The summed E-state index contributed by atoms with van der Waals surface area (Å²) < 4.78 is 134. The number of hydrogen-bond donors (Lipinski definition) is 1. The first-order chi connectivity index (χ1) is 19.4. The summed E-state index contributed by atoms with van der Waals surface area (Å²) >= 11 is 0. The van der Waals surface area contributed by atoms with Gasteiger partial charge in [-0.1, -0.05) is 0 Å². The smallest absolute Gasteiger partial charge is 0.414 e. The number of aromatic nitrogens is 4. The molecule has 3 aromatic rings. The first kappa shape index (κ1) is 32.5. The number of carbonyl (C=O) groups is 1. The van der Waals surface area contributed by atoms with Crippen LogP contribution in [0.3, 0.4) is 0 Å². The second-order valence-electron chi connectivity index (χ2n) is 8.93. The molecule has 0 spiro atoms. The van der Waals surface area contributed by atoms with Gasteiger partial charge < -0.3 is 24.1 Å². The van der Waals surface area contributed by atoms with Gasteiger partial charge in [0, 0.05) is 37.1 Å². The molecule has 42 heavy (non-hydrogen) atoms. The number of nitrogens with zero attached hydrogens (tertiary/aromatic N) is 5. The Morgan fingerprint density at radius 2 is 1.71 bits per heavy atom. The number of nitrogens with one attached hydrogen (secondary N) is 1. The third-order valence-electron chi connectivity index (χ3n) is 6.09. The van der Waals surface area contributed by atoms with Crippen molar-refractivity contribution in [1.82, 2.24) is 29.6 Å². The summed E-state index contributed by atoms with van der Waals surface area (Å²) in [7, 11) is 2.52. The van der Waals surface area contributed by atoms with Crippen LogP contribution >= 0.6 is 0 Å². The van der Waals surface area contributed by atoms with Crippen LogP contribution in [0, 0.1) is 6.92 Å². The number of hydrogen-bond acceptors (Lipinski definition) is 6. The van der Waals surface area contributed by atoms with Crippen molar-refractivity contribution in [1.29, 1.82) is 0 Å². The first-order valence-corrected chi connectivity index (χ1v) is 12.1. The lowest BCUT2D eigenvalue weighted by atomic mass is 10.0. The Balaban J connectivity index is 2.12. The minimum atomic E-state index is -5.37. The summed E-state index contributed by atoms with van der Waals surface area (Å²) in [6.07, 6.45) is -14.8. The van der Waals surface area contributed by atoms with Crippen LogP contribution in [-0.4, -0.2) is 75.6 Å². The van der Waals surface area contributed by atoms with E-state index in [9.17, 15) is 44.3 Å². The van der Waals surface area contributed by atoms with E-state index < -0.39 is 61.7 Å². The van der Waals surface area contributed by atoms with Crippen LogP contribution in [0.4, 0.5) is 44.3 Å². The zero-order chi connectivity index (χ0) is 31.6. The molecule has 18 heteroatoms. The number of carbonyl (C=O) groups excluding carboxylic acids is 1. The average Bonchev–Trinajstić information content (AvgIpc) is 3.35. The number of rotatable bonds is 9. The lowest BCUT2D eigenvalue weighted by Crippen LogP contribution is -2.53. The van der Waals surface area contributed by atoms with E-state index in [0.29, 0.717) is 0 Å². The highest BCUT2D eigenvalue weighted by Gasteiger charge is 2.49. The molecule has 0 aliphatic heterocycles. The molecule has 3 aromatic heterocycles. The highest BCUT2D eigenvalue weighted by Crippen LogP contribution is 2.41. The predicted octanol–water partition coefficient (Wildman–Crippen LogP) is 6.03. The maximum atomic E-state index is 14.5. The van der Waals surface area contributed by atoms with Crippen LogP contribution in [0.2, 0.25) is 0 Å². The van der Waals surface area contributed by atoms with Crippen LogP contribution in [0.25, 0.3) is 16.9 Å². The van der Waals surface area contributed by atoms with E-state index in [0.717, 1.165) is 13.0 Å². The Hall–Kier alpha value is -3.99. The molecule has 232 valence electrons. The van der Waals surface area contributed by atoms with Gasteiger partial charge in [-0.15, -0.1) is 0 Å². The van der Waals surface area contributed by atoms with Crippen molar-refractivity contribution >= 4 is 11.7 Å². The van der Waals surface area contributed by atoms with Crippen molar-refractivity contribution in [3.8, 4) is 22.9 Å². The van der Waals surface area contributed by atoms with Crippen LogP contribution in [-0.2, 0) is 0 Å². The number of alkyl halides is 9. The molecule has 0 radical (unpaired) electrons. The maximum Gasteiger partial charge on any atom is 0.414 e. The molecule has 0 saturated heterocycles. The van der Waals surface area contributed by atoms with Gasteiger partial charge >= 0.3 is 24.6 Å². The summed E-state index contributed by atoms with van der Waals surface area (Å²) in [5.41, 5.74) is -0.590. The largest absolute Gasteiger partial charge is 0.494 e. The number of halogens is 9. The molecule has 0 fully saturated rings. The number of methoxy groups -OCH3 is 2. The fourth-order valence-corrected chi connectivity index (χ4v) is 4.25. The minimum Gasteiger partial charge on any atom is -0.494 e. The molecule has 0 aliphatic rings. The molecule has 0 aromatic carbocycles. The van der Waals surface area contributed by atoms with Gasteiger partial charge in [0.1, 0.15) is 11.8 Å². The van der Waals surface area contributed by atoms with Gasteiger partial charge in [0.25, 0.3) is 5.88 Å². The second kappa shape index (κ2) is 12.1. The van der Waals surface area contributed by atoms with Gasteiger partial charge in [-0.05, 0) is 26.3 Å². The predicted molar refractivity (Wildman–Crippen MR) is 129 cm³/mol. The lowest BCUT2D eigenvalue weighted by molar-refractivity contribution is -0.182. The zero-order valence-electron chi connectivity index (χ0n) is 22.4. The molecule has 3 rings (SSSR count). The Morgan fingerprint density at radius 3 is 2.24 bits per heavy atom. The van der Waals surface area contributed by atoms with E-state index in [1.54, 1.807) is 0 Å². The third kappa shape index (κ3) is 7.25. The molecule has 2 amide bonds. The molecule has 0 saturated carbocycles. The summed E-state index contributed by atoms with van der Waals surface area (Å²) in [6.45, 7) is 1.59. The Bertz CT molecular complexity index is 1410. The van der Waals surface area contributed by atoms with Crippen molar-refractivity contribution in [2.45, 2.75) is 57.3 Å². The monoisotopic (exact) mass is 616 g/mol. The molecule has 0 aliphatic carbocycles. The fraction of sp³-hybridized carbons (Fsp3) is 0.500. The highest BCUT2D eigenvalue weighted by molar-refractivity contribution is 5.76. The quantitative estimate of drug-likeness (QED) is 0.296. The molecule has 2 unspecified atom stereocenters. The first-order valence-electron chi connectivity index (χ1n) is 12.1. The molecule has 2 atom stereocenters. The Morgan fingerprint density at radius 1 is 1.05 bits per heavy atom. The van der Waals surface area contributed by atoms with Crippen LogP contribution in [0.1, 0.15) is 37.2 Å². The van der Waals surface area contributed by atoms with Crippen LogP contribution in [0.15, 0.2) is 24.7 Å². The van der Waals surface area contributed by atoms with E-state index in [2.05, 4.69) is 15.0 Å². The van der Waals surface area contributed by atoms with E-state index in [4.69, 9.17) is 9.47 Å². The number of imidazole rings is 1. The van der Waals surface area contributed by atoms with Crippen LogP contribution in [0.5, 0.6) is 11.6 Å². The number of aryl methyl sites for hydroxylation is 1. The van der Waals surface area contributed by atoms with Gasteiger partial charge in [0.2, 0.25) is 0 Å². The minimum absolute atomic E-state index is 0.00507. The van der Waals surface area contributed by atoms with Gasteiger partial charge in [-0.3, -0.25) is 4.98 Å². The van der Waals surface area contributed by atoms with Crippen molar-refractivity contribution in [2.75, 3.05) is 20.8 Å². The molecule has 0 bridgehead atoms. The summed E-state index contributed by atoms with van der Waals surface area (Å²) in [4.78, 5) is 25.1. The zero-order valence-corrected chi connectivity index (χ0v) is 22.4. The number of amides is 2. The van der Waals surface area contributed by atoms with Gasteiger partial charge in [0.05, 0.1) is 31.3 Å². The van der Waals surface area contributed by atoms with E-state index in [1.807, 2.05) is 0 Å². The summed E-state index contributed by atoms with van der Waals surface area (Å²) in [5.74, 6) is 0.0139. The Kier molecular flexibility index (Phi) is 9.36. The van der Waals surface area contributed by atoms with Crippen molar-refractivity contribution < 1.29 is 53.8 Å². The van der Waals surface area contributed by atoms with Crippen molar-refractivity contribution in [2.24, 2.45) is 0 Å². The van der Waals surface area contributed by atoms with Crippen molar-refractivity contribution in [3.05, 3.63) is 36.0 Å². The van der Waals surface area contributed by atoms with Crippen LogP contribution < -0.4 is 14.8 Å². The van der Waals surface area contributed by atoms with E-state index in [-0.39, 0.29) is 39.1 Å². The highest BCUT2D eigenvalue weighted by atomic mass is 19.4. The number of pyridine rings is 1. The number of urea groups is 1. The Labute approximate surface area is 232 Å². The van der Waals surface area contributed by atoms with E-state index >= 15 is 0 Å². The van der Waals surface area contributed by atoms with Gasteiger partial charge in [-0.2, -0.15) is 39.5 Å². The fourth-order valence-electron chi connectivity index (χ4n) is 4.25. The van der Waals surface area contributed by atoms with E-state index in [1.165, 1.54) is 49.5 Å². The SMILES string of the molecule is CCN(C(=O)NC(CCC(F)(F)F)C(F)(F)F)C(c1cc(-c2cn3ccnc3c(OC)n2)c(OC)c(C)n1)C(F)(F)F. The summed E-state index contributed by atoms with van der Waals surface area (Å²) in [6, 6.07) is -6.94. The molecular formula is C24H25F9N6O3. The number of fused-ring (bicyclic) bond motifs is 1. The second-order valence-corrected chi connectivity index (χ2v) is 8.93. The average molecular weight is 616 g/mol. The molecule has 9 nitrogen and oxygen atoms in total. The lowest BCUT2D eigenvalue weighted by Gasteiger charge is -2.34. The standard InChI is InChI=1S/C24H25F9N6O3/c1-5-39(21(40)37-16(23(28,29)30)6-7-22(25,26)27)18(24(31,32)33)14-10-13(17(41-3)12(2)35-14)15-11-38-9-8-34-19(38)20(36-15)42-4/h8-11,16,18H,5-7H2,1-4H3,(H,37,40). The molecular weight excluding hydrogens is 591 g/mol. The number of ether oxygens (including phenoxy) is 2. The normalized spacial score (nSPS) is 14.0. The topological polar surface area (TPSA) is 93.9 Å². The molecule has 3 heterocycles. The summed E-state index contributed by atoms with van der Waals surface area (Å²) in [5, 5.41) is 1.29. The third-order valence-corrected chi connectivity index (χ3v) is 6.09. The van der Waals surface area contributed by atoms with Crippen molar-refractivity contribution in [3.63, 3.8) is 0 Å². The maximum absolute atomic E-state index is 14.5. The van der Waals surface area contributed by atoms with Gasteiger partial charge in [0.15, 0.2) is 11.7 Å².